The number of amides is 3. The molecule has 0 radical (unpaired) electrons. The molecular formula is C46H51N5O5. The molecule has 3 atom stereocenters. The molecule has 56 heavy (non-hydrogen) atoms. The van der Waals surface area contributed by atoms with Crippen LogP contribution in [0.5, 0.6) is 11.5 Å². The molecule has 4 aromatic rings. The number of imide groups is 1. The average molecular weight is 754 g/mol. The fourth-order valence-electron chi connectivity index (χ4n) is 10.0. The van der Waals surface area contributed by atoms with Gasteiger partial charge in [0, 0.05) is 81.6 Å². The van der Waals surface area contributed by atoms with Gasteiger partial charge in [-0.25, -0.2) is 0 Å². The molecule has 4 aromatic carbocycles. The molecule has 3 amide bonds. The van der Waals surface area contributed by atoms with Crippen molar-refractivity contribution in [1.82, 2.24) is 15.1 Å². The molecule has 9 rings (SSSR count). The second-order valence-electron chi connectivity index (χ2n) is 16.3. The molecule has 0 spiro atoms. The van der Waals surface area contributed by atoms with E-state index in [0.717, 1.165) is 75.7 Å². The first-order valence-corrected chi connectivity index (χ1v) is 20.4. The Balaban J connectivity index is 0.785. The van der Waals surface area contributed by atoms with Crippen LogP contribution in [-0.4, -0.2) is 91.6 Å². The van der Waals surface area contributed by atoms with Crippen LogP contribution in [0.4, 0.5) is 11.4 Å². The molecule has 4 heterocycles. The highest BCUT2D eigenvalue weighted by Crippen LogP contribution is 2.47. The van der Waals surface area contributed by atoms with Crippen LogP contribution in [0.2, 0.25) is 0 Å². The zero-order valence-electron chi connectivity index (χ0n) is 32.2. The van der Waals surface area contributed by atoms with Gasteiger partial charge in [-0.15, -0.1) is 0 Å². The van der Waals surface area contributed by atoms with Crippen molar-refractivity contribution in [3.8, 4) is 11.5 Å². The van der Waals surface area contributed by atoms with E-state index in [0.29, 0.717) is 36.1 Å². The number of phenols is 1. The van der Waals surface area contributed by atoms with Crippen LogP contribution >= 0.6 is 0 Å². The van der Waals surface area contributed by atoms with Gasteiger partial charge in [0.1, 0.15) is 17.5 Å². The number of nitrogens with zero attached hydrogens (tertiary/aromatic N) is 4. The van der Waals surface area contributed by atoms with E-state index in [9.17, 15) is 19.5 Å². The Morgan fingerprint density at radius 2 is 1.43 bits per heavy atom. The lowest BCUT2D eigenvalue weighted by molar-refractivity contribution is -0.136. The number of carbonyl (C=O) groups excluding carboxylic acids is 3. The molecule has 3 saturated heterocycles. The number of anilines is 2. The lowest BCUT2D eigenvalue weighted by Gasteiger charge is -2.40. The first kappa shape index (κ1) is 36.3. The van der Waals surface area contributed by atoms with Crippen molar-refractivity contribution < 1.29 is 24.2 Å². The van der Waals surface area contributed by atoms with E-state index >= 15 is 0 Å². The highest BCUT2D eigenvalue weighted by Gasteiger charge is 2.39. The molecule has 4 aliphatic heterocycles. The minimum Gasteiger partial charge on any atom is -0.508 e. The Bertz CT molecular complexity index is 2100. The third-order valence-electron chi connectivity index (χ3n) is 13.1. The first-order chi connectivity index (χ1) is 27.3. The van der Waals surface area contributed by atoms with E-state index in [1.54, 1.807) is 12.0 Å². The van der Waals surface area contributed by atoms with E-state index in [4.69, 9.17) is 4.74 Å². The summed E-state index contributed by atoms with van der Waals surface area (Å²) >= 11 is 0. The van der Waals surface area contributed by atoms with Gasteiger partial charge in [-0.3, -0.25) is 24.6 Å². The van der Waals surface area contributed by atoms with E-state index in [1.165, 1.54) is 40.8 Å². The molecule has 5 aliphatic rings. The van der Waals surface area contributed by atoms with Gasteiger partial charge in [-0.05, 0) is 126 Å². The van der Waals surface area contributed by atoms with E-state index < -0.39 is 6.04 Å². The summed E-state index contributed by atoms with van der Waals surface area (Å²) in [6, 6.07) is 29.2. The highest BCUT2D eigenvalue weighted by atomic mass is 16.5. The summed E-state index contributed by atoms with van der Waals surface area (Å²) in [5, 5.41) is 12.7. The SMILES string of the molecule is COc1ccc(C2CCc3cc(O)ccc3[C@H]2c2ccc(N3CCC(CN4CCN(c5ccc6c(c5)CN(C5CCC(=O)NC5=O)C6=O)CC4)CC3)cc2)cc1. The normalized spacial score (nSPS) is 23.2. The maximum atomic E-state index is 13.2. The lowest BCUT2D eigenvalue weighted by atomic mass is 9.69. The Kier molecular flexibility index (Phi) is 9.91. The fourth-order valence-corrected chi connectivity index (χ4v) is 10.0. The summed E-state index contributed by atoms with van der Waals surface area (Å²) in [6.45, 7) is 7.58. The molecule has 2 N–H and O–H groups in total. The van der Waals surface area contributed by atoms with Crippen LogP contribution in [-0.2, 0) is 22.6 Å². The Labute approximate surface area is 329 Å². The van der Waals surface area contributed by atoms with Crippen molar-refractivity contribution >= 4 is 29.1 Å². The molecule has 10 heteroatoms. The number of nitrogens with one attached hydrogen (secondary N) is 1. The van der Waals surface area contributed by atoms with Crippen LogP contribution in [0.25, 0.3) is 0 Å². The van der Waals surface area contributed by atoms with Crippen LogP contribution in [0.15, 0.2) is 84.9 Å². The monoisotopic (exact) mass is 753 g/mol. The number of aryl methyl sites for hydroxylation is 1. The topological polar surface area (TPSA) is 106 Å². The second kappa shape index (κ2) is 15.3. The Morgan fingerprint density at radius 3 is 2.16 bits per heavy atom. The van der Waals surface area contributed by atoms with E-state index in [-0.39, 0.29) is 30.1 Å². The number of hydrogen-bond donors (Lipinski definition) is 2. The number of fused-ring (bicyclic) bond motifs is 2. The average Bonchev–Trinajstić information content (AvgIpc) is 3.55. The highest BCUT2D eigenvalue weighted by molar-refractivity contribution is 6.05. The second-order valence-corrected chi connectivity index (χ2v) is 16.3. The van der Waals surface area contributed by atoms with Crippen LogP contribution in [0.3, 0.4) is 0 Å². The van der Waals surface area contributed by atoms with Gasteiger partial charge in [0.25, 0.3) is 5.91 Å². The third kappa shape index (κ3) is 7.11. The summed E-state index contributed by atoms with van der Waals surface area (Å²) in [5.41, 5.74) is 9.23. The van der Waals surface area contributed by atoms with Crippen molar-refractivity contribution in [2.75, 3.05) is 62.7 Å². The molecule has 3 fully saturated rings. The van der Waals surface area contributed by atoms with Gasteiger partial charge in [0.2, 0.25) is 11.8 Å². The molecule has 0 aromatic heterocycles. The molecule has 10 nitrogen and oxygen atoms in total. The standard InChI is InChI=1S/C46H51N5O5/c1-56-38-11-4-31(5-12-38)39-13-6-33-27-37(52)10-15-40(33)44(39)32-2-7-35(8-3-32)49-20-18-30(19-21-49)28-48-22-24-50(25-23-48)36-9-14-41-34(26-36)29-51(46(41)55)42-16-17-43(53)47-45(42)54/h2-5,7-12,14-15,26-27,30,39,42,44,52H,6,13,16-25,28-29H2,1H3,(H,47,53,54)/t39?,42?,44-/m0/s1. The fraction of sp³-hybridized carbons (Fsp3) is 0.413. The number of hydrogen-bond acceptors (Lipinski definition) is 8. The van der Waals surface area contributed by atoms with Crippen molar-refractivity contribution in [2.24, 2.45) is 5.92 Å². The van der Waals surface area contributed by atoms with Crippen molar-refractivity contribution in [1.29, 1.82) is 0 Å². The largest absolute Gasteiger partial charge is 0.508 e. The summed E-state index contributed by atoms with van der Waals surface area (Å²) in [4.78, 5) is 46.5. The zero-order valence-corrected chi connectivity index (χ0v) is 32.2. The number of piperidine rings is 2. The summed E-state index contributed by atoms with van der Waals surface area (Å²) in [5.74, 6) is 1.69. The number of ether oxygens (including phenoxy) is 1. The zero-order chi connectivity index (χ0) is 38.3. The molecule has 0 bridgehead atoms. The van der Waals surface area contributed by atoms with Gasteiger partial charge in [0.05, 0.1) is 7.11 Å². The number of aromatic hydroxyl groups is 1. The van der Waals surface area contributed by atoms with Crippen molar-refractivity contribution in [3.05, 3.63) is 118 Å². The molecule has 1 aliphatic carbocycles. The Hall–Kier alpha value is -5.35. The van der Waals surface area contributed by atoms with E-state index in [1.807, 2.05) is 24.3 Å². The molecule has 2 unspecified atom stereocenters. The molecule has 0 saturated carbocycles. The lowest BCUT2D eigenvalue weighted by Crippen LogP contribution is -2.52. The predicted molar refractivity (Wildman–Crippen MR) is 217 cm³/mol. The maximum absolute atomic E-state index is 13.2. The number of phenolic OH excluding ortho intramolecular Hbond substituents is 1. The smallest absolute Gasteiger partial charge is 0.255 e. The Morgan fingerprint density at radius 1 is 0.714 bits per heavy atom. The minimum absolute atomic E-state index is 0.124. The molecule has 290 valence electrons. The quantitative estimate of drug-likeness (QED) is 0.210. The van der Waals surface area contributed by atoms with Gasteiger partial charge >= 0.3 is 0 Å². The van der Waals surface area contributed by atoms with Gasteiger partial charge < -0.3 is 24.5 Å². The van der Waals surface area contributed by atoms with Crippen LogP contribution in [0, 0.1) is 5.92 Å². The van der Waals surface area contributed by atoms with Crippen molar-refractivity contribution in [2.45, 2.75) is 62.9 Å². The summed E-state index contributed by atoms with van der Waals surface area (Å²) in [6.07, 6.45) is 4.99. The number of rotatable bonds is 8. The van der Waals surface area contributed by atoms with Crippen molar-refractivity contribution in [3.63, 3.8) is 0 Å². The molecular weight excluding hydrogens is 703 g/mol. The summed E-state index contributed by atoms with van der Waals surface area (Å²) < 4.78 is 5.45. The number of methoxy groups -OCH3 is 1. The predicted octanol–water partition coefficient (Wildman–Crippen LogP) is 6.06. The van der Waals surface area contributed by atoms with Gasteiger partial charge in [0.15, 0.2) is 0 Å². The van der Waals surface area contributed by atoms with E-state index in [2.05, 4.69) is 80.7 Å². The number of piperazine rings is 1. The van der Waals surface area contributed by atoms with Crippen LogP contribution < -0.4 is 19.9 Å². The first-order valence-electron chi connectivity index (χ1n) is 20.4. The van der Waals surface area contributed by atoms with Gasteiger partial charge in [-0.1, -0.05) is 30.3 Å². The third-order valence-corrected chi connectivity index (χ3v) is 13.1. The number of carbonyl (C=O) groups is 3. The van der Waals surface area contributed by atoms with Gasteiger partial charge in [-0.2, -0.15) is 0 Å². The van der Waals surface area contributed by atoms with Crippen LogP contribution in [0.1, 0.15) is 82.1 Å². The maximum Gasteiger partial charge on any atom is 0.255 e. The summed E-state index contributed by atoms with van der Waals surface area (Å²) in [7, 11) is 1.71. The minimum atomic E-state index is -0.589. The number of benzene rings is 4.